The zero-order chi connectivity index (χ0) is 10.8. The lowest BCUT2D eigenvalue weighted by Gasteiger charge is -2.37. The third-order valence-electron chi connectivity index (χ3n) is 4.34. The van der Waals surface area contributed by atoms with Gasteiger partial charge >= 0.3 is 0 Å². The topological polar surface area (TPSA) is 3.24 Å². The Morgan fingerprint density at radius 2 is 1.81 bits per heavy atom. The average Bonchev–Trinajstić information content (AvgIpc) is 2.80. The van der Waals surface area contributed by atoms with Crippen LogP contribution in [0.1, 0.15) is 37.7 Å². The molecule has 1 aromatic rings. The van der Waals surface area contributed by atoms with Crippen molar-refractivity contribution in [3.8, 4) is 0 Å². The number of rotatable bonds is 2. The summed E-state index contributed by atoms with van der Waals surface area (Å²) < 4.78 is 0. The first-order valence-corrected chi connectivity index (χ1v) is 6.71. The molecule has 1 aliphatic heterocycles. The van der Waals surface area contributed by atoms with E-state index in [1.165, 1.54) is 50.8 Å². The second-order valence-corrected chi connectivity index (χ2v) is 5.36. The Labute approximate surface area is 98.5 Å². The summed E-state index contributed by atoms with van der Waals surface area (Å²) in [5.41, 5.74) is 1.48. The van der Waals surface area contributed by atoms with Gasteiger partial charge in [-0.25, -0.2) is 0 Å². The summed E-state index contributed by atoms with van der Waals surface area (Å²) in [4.78, 5) is 2.73. The third kappa shape index (κ3) is 2.01. The zero-order valence-electron chi connectivity index (χ0n) is 9.94. The van der Waals surface area contributed by atoms with E-state index in [0.717, 1.165) is 12.0 Å². The fraction of sp³-hybridized carbons (Fsp3) is 0.600. The van der Waals surface area contributed by atoms with Crippen LogP contribution < -0.4 is 0 Å². The predicted octanol–water partition coefficient (Wildman–Crippen LogP) is 3.45. The van der Waals surface area contributed by atoms with E-state index in [1.807, 2.05) is 0 Å². The highest BCUT2D eigenvalue weighted by Crippen LogP contribution is 2.37. The van der Waals surface area contributed by atoms with Crippen molar-refractivity contribution in [3.63, 3.8) is 0 Å². The summed E-state index contributed by atoms with van der Waals surface area (Å²) in [5.74, 6) is 1.01. The third-order valence-corrected chi connectivity index (χ3v) is 4.34. The minimum absolute atomic E-state index is 0.897. The van der Waals surface area contributed by atoms with E-state index in [0.29, 0.717) is 0 Å². The summed E-state index contributed by atoms with van der Waals surface area (Å²) in [7, 11) is 0. The molecule has 0 bridgehead atoms. The van der Waals surface area contributed by atoms with Gasteiger partial charge in [0.2, 0.25) is 0 Å². The molecular weight excluding hydrogens is 194 g/mol. The number of fused-ring (bicyclic) bond motifs is 1. The molecule has 1 aromatic carbocycles. The molecule has 2 aliphatic rings. The van der Waals surface area contributed by atoms with Crippen molar-refractivity contribution in [1.82, 2.24) is 4.90 Å². The quantitative estimate of drug-likeness (QED) is 0.730. The van der Waals surface area contributed by atoms with E-state index < -0.39 is 0 Å². The number of hydrogen-bond acceptors (Lipinski definition) is 1. The maximum Gasteiger partial charge on any atom is 0.0236 e. The monoisotopic (exact) mass is 215 g/mol. The van der Waals surface area contributed by atoms with Crippen molar-refractivity contribution < 1.29 is 0 Å². The summed E-state index contributed by atoms with van der Waals surface area (Å²) in [6.45, 7) is 2.48. The van der Waals surface area contributed by atoms with E-state index in [4.69, 9.17) is 0 Å². The molecule has 2 atom stereocenters. The molecule has 1 saturated heterocycles. The van der Waals surface area contributed by atoms with E-state index in [2.05, 4.69) is 35.2 Å². The molecular formula is C15H21N. The van der Waals surface area contributed by atoms with Gasteiger partial charge in [0.05, 0.1) is 0 Å². The first-order valence-electron chi connectivity index (χ1n) is 6.71. The van der Waals surface area contributed by atoms with Crippen LogP contribution in [0.15, 0.2) is 30.3 Å². The Hall–Kier alpha value is -0.820. The molecule has 16 heavy (non-hydrogen) atoms. The molecule has 0 aromatic heterocycles. The SMILES string of the molecule is c1ccc(CN2CCC[C@@H]3CCC[C@@H]32)cc1. The van der Waals surface area contributed by atoms with Crippen LogP contribution in [0.3, 0.4) is 0 Å². The van der Waals surface area contributed by atoms with Crippen molar-refractivity contribution in [2.24, 2.45) is 5.92 Å². The van der Waals surface area contributed by atoms with Gasteiger partial charge in [0.1, 0.15) is 0 Å². The Kier molecular flexibility index (Phi) is 2.96. The van der Waals surface area contributed by atoms with Gasteiger partial charge in [-0.2, -0.15) is 0 Å². The van der Waals surface area contributed by atoms with Gasteiger partial charge < -0.3 is 0 Å². The smallest absolute Gasteiger partial charge is 0.0236 e. The molecule has 1 nitrogen and oxygen atoms in total. The van der Waals surface area contributed by atoms with Crippen molar-refractivity contribution in [1.29, 1.82) is 0 Å². The van der Waals surface area contributed by atoms with E-state index in [-0.39, 0.29) is 0 Å². The highest BCUT2D eigenvalue weighted by Gasteiger charge is 2.34. The molecule has 3 rings (SSSR count). The summed E-state index contributed by atoms with van der Waals surface area (Å²) in [6.07, 6.45) is 7.28. The van der Waals surface area contributed by atoms with E-state index >= 15 is 0 Å². The Morgan fingerprint density at radius 3 is 2.69 bits per heavy atom. The van der Waals surface area contributed by atoms with Gasteiger partial charge in [-0.15, -0.1) is 0 Å². The largest absolute Gasteiger partial charge is 0.296 e. The van der Waals surface area contributed by atoms with Gasteiger partial charge in [0.25, 0.3) is 0 Å². The van der Waals surface area contributed by atoms with Crippen LogP contribution in [-0.4, -0.2) is 17.5 Å². The predicted molar refractivity (Wildman–Crippen MR) is 67.2 cm³/mol. The first-order chi connectivity index (χ1) is 7.93. The lowest BCUT2D eigenvalue weighted by atomic mass is 9.91. The van der Waals surface area contributed by atoms with Crippen LogP contribution in [0.2, 0.25) is 0 Å². The summed E-state index contributed by atoms with van der Waals surface area (Å²) in [6, 6.07) is 11.8. The molecule has 0 radical (unpaired) electrons. The van der Waals surface area contributed by atoms with Crippen molar-refractivity contribution in [2.45, 2.75) is 44.7 Å². The fourth-order valence-electron chi connectivity index (χ4n) is 3.57. The highest BCUT2D eigenvalue weighted by atomic mass is 15.2. The lowest BCUT2D eigenvalue weighted by molar-refractivity contribution is 0.106. The van der Waals surface area contributed by atoms with Gasteiger partial charge in [-0.05, 0) is 43.7 Å². The van der Waals surface area contributed by atoms with Crippen LogP contribution in [0, 0.1) is 5.92 Å². The van der Waals surface area contributed by atoms with Crippen LogP contribution in [0.25, 0.3) is 0 Å². The first kappa shape index (κ1) is 10.3. The molecule has 86 valence electrons. The number of benzene rings is 1. The fourth-order valence-corrected chi connectivity index (χ4v) is 3.57. The number of nitrogens with zero attached hydrogens (tertiary/aromatic N) is 1. The van der Waals surface area contributed by atoms with E-state index in [1.54, 1.807) is 0 Å². The minimum atomic E-state index is 0.897. The molecule has 1 saturated carbocycles. The Morgan fingerprint density at radius 1 is 1.00 bits per heavy atom. The van der Waals surface area contributed by atoms with Crippen LogP contribution >= 0.6 is 0 Å². The summed E-state index contributed by atoms with van der Waals surface area (Å²) >= 11 is 0. The number of likely N-dealkylation sites (tertiary alicyclic amines) is 1. The van der Waals surface area contributed by atoms with Gasteiger partial charge in [0.15, 0.2) is 0 Å². The highest BCUT2D eigenvalue weighted by molar-refractivity contribution is 5.14. The molecule has 1 aliphatic carbocycles. The van der Waals surface area contributed by atoms with Crippen LogP contribution in [0.5, 0.6) is 0 Å². The van der Waals surface area contributed by atoms with E-state index in [9.17, 15) is 0 Å². The molecule has 0 amide bonds. The molecule has 0 unspecified atom stereocenters. The average molecular weight is 215 g/mol. The lowest BCUT2D eigenvalue weighted by Crippen LogP contribution is -2.41. The minimum Gasteiger partial charge on any atom is -0.296 e. The number of hydrogen-bond donors (Lipinski definition) is 0. The van der Waals surface area contributed by atoms with Crippen molar-refractivity contribution in [2.75, 3.05) is 6.54 Å². The van der Waals surface area contributed by atoms with Crippen molar-refractivity contribution in [3.05, 3.63) is 35.9 Å². The normalized spacial score (nSPS) is 30.2. The standard InChI is InChI=1S/C15H21N/c1-2-6-13(7-3-1)12-16-11-5-9-14-8-4-10-15(14)16/h1-3,6-7,14-15H,4-5,8-12H2/t14-,15-/m0/s1. The molecule has 1 heterocycles. The maximum atomic E-state index is 2.73. The molecule has 2 fully saturated rings. The second-order valence-electron chi connectivity index (χ2n) is 5.36. The Bertz CT molecular complexity index is 333. The number of piperidine rings is 1. The zero-order valence-corrected chi connectivity index (χ0v) is 9.94. The molecule has 1 heteroatoms. The molecule has 0 N–H and O–H groups in total. The molecule has 0 spiro atoms. The second kappa shape index (κ2) is 4.58. The van der Waals surface area contributed by atoms with Crippen LogP contribution in [-0.2, 0) is 6.54 Å². The van der Waals surface area contributed by atoms with Crippen molar-refractivity contribution >= 4 is 0 Å². The van der Waals surface area contributed by atoms with Gasteiger partial charge in [0, 0.05) is 12.6 Å². The van der Waals surface area contributed by atoms with Gasteiger partial charge in [-0.3, -0.25) is 4.90 Å². The van der Waals surface area contributed by atoms with Crippen LogP contribution in [0.4, 0.5) is 0 Å². The maximum absolute atomic E-state index is 2.73. The van der Waals surface area contributed by atoms with Gasteiger partial charge in [-0.1, -0.05) is 36.8 Å². The Balaban J connectivity index is 1.70. The summed E-state index contributed by atoms with van der Waals surface area (Å²) in [5, 5.41) is 0.